The van der Waals surface area contributed by atoms with Crippen LogP contribution in [0.15, 0.2) is 0 Å². The van der Waals surface area contributed by atoms with Crippen LogP contribution in [0.1, 0.15) is 53.4 Å². The Labute approximate surface area is 106 Å². The average molecular weight is 243 g/mol. The fourth-order valence-electron chi connectivity index (χ4n) is 2.26. The number of nitrogens with one attached hydrogen (secondary N) is 1. The van der Waals surface area contributed by atoms with E-state index in [-0.39, 0.29) is 5.60 Å². The molecule has 0 radical (unpaired) electrons. The molecular formula is C14H29NO2. The minimum Gasteiger partial charge on any atom is -0.379 e. The minimum absolute atomic E-state index is 0.0523. The first-order chi connectivity index (χ1) is 7.99. The van der Waals surface area contributed by atoms with Crippen molar-refractivity contribution in [3.63, 3.8) is 0 Å². The Morgan fingerprint density at radius 2 is 2.12 bits per heavy atom. The van der Waals surface area contributed by atoms with Crippen molar-refractivity contribution in [2.45, 2.75) is 71.1 Å². The van der Waals surface area contributed by atoms with E-state index in [1.165, 1.54) is 6.42 Å². The summed E-state index contributed by atoms with van der Waals surface area (Å²) in [5.74, 6) is 0. The third-order valence-electron chi connectivity index (χ3n) is 3.15. The lowest BCUT2D eigenvalue weighted by Crippen LogP contribution is -2.43. The summed E-state index contributed by atoms with van der Waals surface area (Å²) in [4.78, 5) is 0. The Balaban J connectivity index is 1.99. The largest absolute Gasteiger partial charge is 0.379 e. The maximum Gasteiger partial charge on any atom is 0.0641 e. The Morgan fingerprint density at radius 1 is 1.35 bits per heavy atom. The van der Waals surface area contributed by atoms with Crippen molar-refractivity contribution < 1.29 is 9.47 Å². The molecule has 0 aromatic heterocycles. The van der Waals surface area contributed by atoms with Gasteiger partial charge in [-0.1, -0.05) is 0 Å². The maximum absolute atomic E-state index is 5.71. The zero-order chi connectivity index (χ0) is 12.7. The molecule has 0 aliphatic carbocycles. The van der Waals surface area contributed by atoms with Crippen LogP contribution in [0.2, 0.25) is 0 Å². The molecule has 0 amide bonds. The van der Waals surface area contributed by atoms with Crippen LogP contribution >= 0.6 is 0 Å². The molecule has 1 aliphatic rings. The molecule has 1 aliphatic heterocycles. The van der Waals surface area contributed by atoms with E-state index in [9.17, 15) is 0 Å². The molecule has 1 unspecified atom stereocenters. The van der Waals surface area contributed by atoms with Gasteiger partial charge in [-0.25, -0.2) is 0 Å². The average Bonchev–Trinajstić information content (AvgIpc) is 2.21. The summed E-state index contributed by atoms with van der Waals surface area (Å²) >= 11 is 0. The highest BCUT2D eigenvalue weighted by atomic mass is 16.5. The van der Waals surface area contributed by atoms with Crippen LogP contribution in [0.25, 0.3) is 0 Å². The minimum atomic E-state index is 0.0523. The normalized spacial score (nSPS) is 24.2. The second kappa shape index (κ2) is 7.34. The van der Waals surface area contributed by atoms with Gasteiger partial charge in [0.1, 0.15) is 0 Å². The van der Waals surface area contributed by atoms with Crippen molar-refractivity contribution in [1.82, 2.24) is 5.32 Å². The van der Waals surface area contributed by atoms with E-state index in [4.69, 9.17) is 9.47 Å². The number of hydrogen-bond donors (Lipinski definition) is 1. The van der Waals surface area contributed by atoms with Crippen LogP contribution in [0, 0.1) is 0 Å². The molecule has 0 saturated carbocycles. The summed E-state index contributed by atoms with van der Waals surface area (Å²) in [6.07, 6.45) is 4.98. The van der Waals surface area contributed by atoms with E-state index in [1.807, 2.05) is 0 Å². The second-order valence-corrected chi connectivity index (χ2v) is 5.88. The monoisotopic (exact) mass is 243 g/mol. The van der Waals surface area contributed by atoms with E-state index in [0.717, 1.165) is 39.0 Å². The van der Waals surface area contributed by atoms with E-state index < -0.39 is 0 Å². The van der Waals surface area contributed by atoms with Crippen LogP contribution in [-0.4, -0.2) is 37.5 Å². The molecule has 1 fully saturated rings. The zero-order valence-corrected chi connectivity index (χ0v) is 11.9. The topological polar surface area (TPSA) is 30.5 Å². The van der Waals surface area contributed by atoms with Gasteiger partial charge in [0, 0.05) is 19.3 Å². The Kier molecular flexibility index (Phi) is 6.45. The van der Waals surface area contributed by atoms with E-state index in [2.05, 4.69) is 33.0 Å². The van der Waals surface area contributed by atoms with Crippen molar-refractivity contribution >= 4 is 0 Å². The molecule has 0 spiro atoms. The van der Waals surface area contributed by atoms with Crippen LogP contribution in [-0.2, 0) is 9.47 Å². The smallest absolute Gasteiger partial charge is 0.0641 e. The highest BCUT2D eigenvalue weighted by molar-refractivity contribution is 4.82. The molecule has 17 heavy (non-hydrogen) atoms. The number of unbranched alkanes of at least 4 members (excludes halogenated alkanes) is 1. The quantitative estimate of drug-likeness (QED) is 0.697. The summed E-state index contributed by atoms with van der Waals surface area (Å²) in [6, 6.07) is 0.629. The van der Waals surface area contributed by atoms with Crippen molar-refractivity contribution in [1.29, 1.82) is 0 Å². The first-order valence-electron chi connectivity index (χ1n) is 6.98. The lowest BCUT2D eigenvalue weighted by molar-refractivity contribution is -0.0628. The van der Waals surface area contributed by atoms with Crippen LogP contribution in [0.5, 0.6) is 0 Å². The standard InChI is InChI=1S/C14H29NO2/c1-12(2)16-9-6-5-8-15-13-7-10-17-14(3,4)11-13/h12-13,15H,5-11H2,1-4H3. The molecule has 0 aromatic carbocycles. The van der Waals surface area contributed by atoms with Gasteiger partial charge in [0.2, 0.25) is 0 Å². The van der Waals surface area contributed by atoms with Gasteiger partial charge in [0.05, 0.1) is 11.7 Å². The van der Waals surface area contributed by atoms with Crippen molar-refractivity contribution in [3.8, 4) is 0 Å². The molecule has 3 heteroatoms. The van der Waals surface area contributed by atoms with Crippen molar-refractivity contribution in [3.05, 3.63) is 0 Å². The summed E-state index contributed by atoms with van der Waals surface area (Å²) < 4.78 is 11.2. The predicted molar refractivity (Wildman–Crippen MR) is 71.4 cm³/mol. The fourth-order valence-corrected chi connectivity index (χ4v) is 2.26. The maximum atomic E-state index is 5.71. The summed E-state index contributed by atoms with van der Waals surface area (Å²) in [7, 11) is 0. The lowest BCUT2D eigenvalue weighted by Gasteiger charge is -2.36. The molecule has 1 atom stereocenters. The molecule has 1 saturated heterocycles. The van der Waals surface area contributed by atoms with Gasteiger partial charge in [0.15, 0.2) is 0 Å². The molecule has 102 valence electrons. The predicted octanol–water partition coefficient (Wildman–Crippen LogP) is 2.74. The second-order valence-electron chi connectivity index (χ2n) is 5.88. The molecule has 0 bridgehead atoms. The SMILES string of the molecule is CC(C)OCCCCNC1CCOC(C)(C)C1. The van der Waals surface area contributed by atoms with Crippen LogP contribution in [0.3, 0.4) is 0 Å². The lowest BCUT2D eigenvalue weighted by atomic mass is 9.94. The van der Waals surface area contributed by atoms with E-state index in [0.29, 0.717) is 12.1 Å². The third-order valence-corrected chi connectivity index (χ3v) is 3.15. The molecular weight excluding hydrogens is 214 g/mol. The van der Waals surface area contributed by atoms with Crippen LogP contribution < -0.4 is 5.32 Å². The summed E-state index contributed by atoms with van der Waals surface area (Å²) in [6.45, 7) is 11.4. The van der Waals surface area contributed by atoms with Gasteiger partial charge in [-0.3, -0.25) is 0 Å². The summed E-state index contributed by atoms with van der Waals surface area (Å²) in [5, 5.41) is 3.63. The Hall–Kier alpha value is -0.120. The van der Waals surface area contributed by atoms with Gasteiger partial charge in [-0.2, -0.15) is 0 Å². The van der Waals surface area contributed by atoms with E-state index in [1.54, 1.807) is 0 Å². The first kappa shape index (κ1) is 14.9. The van der Waals surface area contributed by atoms with Crippen LogP contribution in [0.4, 0.5) is 0 Å². The van der Waals surface area contributed by atoms with Crippen molar-refractivity contribution in [2.75, 3.05) is 19.8 Å². The number of hydrogen-bond acceptors (Lipinski definition) is 3. The first-order valence-corrected chi connectivity index (χ1v) is 6.98. The van der Waals surface area contributed by atoms with E-state index >= 15 is 0 Å². The Morgan fingerprint density at radius 3 is 2.76 bits per heavy atom. The molecule has 0 aromatic rings. The van der Waals surface area contributed by atoms with Gasteiger partial charge >= 0.3 is 0 Å². The van der Waals surface area contributed by atoms with Gasteiger partial charge in [0.25, 0.3) is 0 Å². The number of ether oxygens (including phenoxy) is 2. The summed E-state index contributed by atoms with van der Waals surface area (Å²) in [5.41, 5.74) is 0.0523. The highest BCUT2D eigenvalue weighted by Gasteiger charge is 2.28. The van der Waals surface area contributed by atoms with Gasteiger partial charge in [-0.15, -0.1) is 0 Å². The molecule has 1 N–H and O–H groups in total. The highest BCUT2D eigenvalue weighted by Crippen LogP contribution is 2.23. The molecule has 1 heterocycles. The number of rotatable bonds is 7. The molecule has 3 nitrogen and oxygen atoms in total. The zero-order valence-electron chi connectivity index (χ0n) is 11.9. The Bertz CT molecular complexity index is 204. The van der Waals surface area contributed by atoms with Crippen molar-refractivity contribution in [2.24, 2.45) is 0 Å². The third kappa shape index (κ3) is 7.02. The molecule has 1 rings (SSSR count). The van der Waals surface area contributed by atoms with Gasteiger partial charge in [-0.05, 0) is 59.9 Å². The fraction of sp³-hybridized carbons (Fsp3) is 1.00. The van der Waals surface area contributed by atoms with Gasteiger partial charge < -0.3 is 14.8 Å².